The summed E-state index contributed by atoms with van der Waals surface area (Å²) in [4.78, 5) is 24.2. The lowest BCUT2D eigenvalue weighted by Gasteiger charge is -2.23. The second-order valence-corrected chi connectivity index (χ2v) is 7.98. The molecule has 0 aliphatic heterocycles. The zero-order chi connectivity index (χ0) is 23.3. The molecule has 1 aromatic carbocycles. The smallest absolute Gasteiger partial charge is 0.408 e. The number of rotatable bonds is 12. The number of hydrogen-bond donors (Lipinski definition) is 2. The van der Waals surface area contributed by atoms with Crippen molar-refractivity contribution in [3.63, 3.8) is 0 Å². The van der Waals surface area contributed by atoms with Crippen LogP contribution in [0.15, 0.2) is 35.9 Å². The molecule has 0 spiro atoms. The van der Waals surface area contributed by atoms with Crippen molar-refractivity contribution in [3.8, 4) is 5.75 Å². The maximum atomic E-state index is 12.1. The Morgan fingerprint density at radius 2 is 1.84 bits per heavy atom. The molecule has 8 heteroatoms. The van der Waals surface area contributed by atoms with Crippen molar-refractivity contribution in [1.29, 1.82) is 0 Å². The minimum atomic E-state index is -0.905. The van der Waals surface area contributed by atoms with E-state index in [-0.39, 0.29) is 13.0 Å². The average Bonchev–Trinajstić information content (AvgIpc) is 2.71. The average molecular weight is 438 g/mol. The van der Waals surface area contributed by atoms with Gasteiger partial charge in [0.1, 0.15) is 17.4 Å². The van der Waals surface area contributed by atoms with Gasteiger partial charge in [0, 0.05) is 6.61 Å². The number of aliphatic hydroxyl groups excluding tert-OH is 1. The van der Waals surface area contributed by atoms with E-state index in [0.29, 0.717) is 26.1 Å². The van der Waals surface area contributed by atoms with Crippen LogP contribution >= 0.6 is 0 Å². The first kappa shape index (κ1) is 26.5. The lowest BCUT2D eigenvalue weighted by atomic mass is 10.0. The fraction of sp³-hybridized carbons (Fsp3) is 0.565. The minimum absolute atomic E-state index is 0.164. The fourth-order valence-corrected chi connectivity index (χ4v) is 2.78. The van der Waals surface area contributed by atoms with Crippen LogP contribution in [0, 0.1) is 0 Å². The monoisotopic (exact) mass is 437 g/mol. The Labute approximate surface area is 184 Å². The Balaban J connectivity index is 2.54. The third-order valence-electron chi connectivity index (χ3n) is 4.24. The molecule has 8 nitrogen and oxygen atoms in total. The molecule has 0 fully saturated rings. The first-order valence-electron chi connectivity index (χ1n) is 10.2. The molecule has 0 heterocycles. The van der Waals surface area contributed by atoms with E-state index in [2.05, 4.69) is 5.32 Å². The highest BCUT2D eigenvalue weighted by molar-refractivity contribution is 5.81. The molecule has 1 aromatic rings. The highest BCUT2D eigenvalue weighted by Crippen LogP contribution is 2.16. The Morgan fingerprint density at radius 1 is 1.16 bits per heavy atom. The van der Waals surface area contributed by atoms with Gasteiger partial charge >= 0.3 is 12.1 Å². The van der Waals surface area contributed by atoms with Crippen LogP contribution in [-0.2, 0) is 25.6 Å². The molecule has 0 aromatic heterocycles. The van der Waals surface area contributed by atoms with E-state index in [9.17, 15) is 14.7 Å². The van der Waals surface area contributed by atoms with E-state index < -0.39 is 23.7 Å². The molecule has 0 aliphatic carbocycles. The summed E-state index contributed by atoms with van der Waals surface area (Å²) in [5.41, 5.74) is 1.18. The Hall–Kier alpha value is -2.58. The van der Waals surface area contributed by atoms with E-state index in [0.717, 1.165) is 16.9 Å². The summed E-state index contributed by atoms with van der Waals surface area (Å²) >= 11 is 0. The second kappa shape index (κ2) is 13.7. The summed E-state index contributed by atoms with van der Waals surface area (Å²) in [5, 5.41) is 11.9. The first-order valence-corrected chi connectivity index (χ1v) is 10.2. The molecule has 0 saturated carbocycles. The number of carbonyl (C=O) groups is 2. The Kier molecular flexibility index (Phi) is 11.7. The highest BCUT2D eigenvalue weighted by atomic mass is 16.6. The van der Waals surface area contributed by atoms with Crippen LogP contribution in [0.1, 0.15) is 45.6 Å². The molecule has 174 valence electrons. The normalized spacial score (nSPS) is 12.8. The van der Waals surface area contributed by atoms with Crippen molar-refractivity contribution < 1.29 is 33.6 Å². The number of esters is 1. The maximum absolute atomic E-state index is 12.1. The predicted molar refractivity (Wildman–Crippen MR) is 117 cm³/mol. The van der Waals surface area contributed by atoms with Gasteiger partial charge < -0.3 is 29.4 Å². The van der Waals surface area contributed by atoms with Gasteiger partial charge in [0.25, 0.3) is 0 Å². The minimum Gasteiger partial charge on any atom is -0.497 e. The molecule has 1 rings (SSSR count). The maximum Gasteiger partial charge on any atom is 0.408 e. The highest BCUT2D eigenvalue weighted by Gasteiger charge is 2.25. The zero-order valence-electron chi connectivity index (χ0n) is 19.1. The number of nitrogens with one attached hydrogen (secondary N) is 1. The van der Waals surface area contributed by atoms with Crippen LogP contribution in [0.4, 0.5) is 4.79 Å². The number of alkyl carbamates (subject to hydrolysis) is 1. The number of carbonyl (C=O) groups excluding carboxylic acids is 2. The van der Waals surface area contributed by atoms with E-state index in [1.165, 1.54) is 7.11 Å². The van der Waals surface area contributed by atoms with Gasteiger partial charge in [-0.25, -0.2) is 9.59 Å². The van der Waals surface area contributed by atoms with E-state index in [1.54, 1.807) is 34.0 Å². The summed E-state index contributed by atoms with van der Waals surface area (Å²) < 4.78 is 20.9. The van der Waals surface area contributed by atoms with E-state index in [1.807, 2.05) is 24.3 Å². The molecule has 31 heavy (non-hydrogen) atoms. The zero-order valence-corrected chi connectivity index (χ0v) is 19.1. The molecule has 0 bridgehead atoms. The molecule has 2 N–H and O–H groups in total. The summed E-state index contributed by atoms with van der Waals surface area (Å²) in [6.07, 6.45) is 2.45. The van der Waals surface area contributed by atoms with Crippen molar-refractivity contribution in [1.82, 2.24) is 5.32 Å². The molecule has 1 amide bonds. The largest absolute Gasteiger partial charge is 0.497 e. The Morgan fingerprint density at radius 3 is 2.39 bits per heavy atom. The summed E-state index contributed by atoms with van der Waals surface area (Å²) in [6.45, 7) is 6.04. The van der Waals surface area contributed by atoms with Crippen molar-refractivity contribution in [2.45, 2.75) is 58.3 Å². The van der Waals surface area contributed by atoms with Crippen LogP contribution in [0.5, 0.6) is 5.75 Å². The summed E-state index contributed by atoms with van der Waals surface area (Å²) in [5.74, 6) is 0.216. The molecule has 0 saturated heterocycles. The van der Waals surface area contributed by atoms with Crippen molar-refractivity contribution in [3.05, 3.63) is 41.5 Å². The van der Waals surface area contributed by atoms with Crippen molar-refractivity contribution in [2.75, 3.05) is 27.4 Å². The first-order chi connectivity index (χ1) is 14.7. The van der Waals surface area contributed by atoms with Gasteiger partial charge in [-0.3, -0.25) is 0 Å². The van der Waals surface area contributed by atoms with Gasteiger partial charge in [-0.2, -0.15) is 0 Å². The van der Waals surface area contributed by atoms with Gasteiger partial charge in [0.05, 0.1) is 27.4 Å². The van der Waals surface area contributed by atoms with Gasteiger partial charge in [-0.15, -0.1) is 0 Å². The molecule has 0 radical (unpaired) electrons. The van der Waals surface area contributed by atoms with E-state index in [4.69, 9.17) is 18.9 Å². The molecular formula is C23H35NO7. The fourth-order valence-electron chi connectivity index (χ4n) is 2.78. The number of ether oxygens (including phenoxy) is 4. The summed E-state index contributed by atoms with van der Waals surface area (Å²) in [6, 6.07) is 6.74. The van der Waals surface area contributed by atoms with Gasteiger partial charge in [-0.1, -0.05) is 23.8 Å². The predicted octanol–water partition coefficient (Wildman–Crippen LogP) is 3.37. The molecule has 0 aliphatic rings. The van der Waals surface area contributed by atoms with Crippen LogP contribution in [0.25, 0.3) is 0 Å². The van der Waals surface area contributed by atoms with Crippen molar-refractivity contribution in [2.24, 2.45) is 0 Å². The quantitative estimate of drug-likeness (QED) is 0.294. The topological polar surface area (TPSA) is 103 Å². The second-order valence-electron chi connectivity index (χ2n) is 7.98. The Bertz CT molecular complexity index is 708. The van der Waals surface area contributed by atoms with Crippen LogP contribution in [0.3, 0.4) is 0 Å². The SMILES string of the molecule is COC(=O)[C@H](C/C(=C\CO)CCCOCc1ccc(OC)cc1)NC(=O)OC(C)(C)C. The third-order valence-corrected chi connectivity index (χ3v) is 4.24. The standard InChI is InChI=1S/C23H35NO7/c1-23(2,3)31-22(27)24-20(21(26)29-5)15-17(12-13-25)7-6-14-30-16-18-8-10-19(28-4)11-9-18/h8-12,20,25H,6-7,13-16H2,1-5H3,(H,24,27)/b17-12-/t20-/m0/s1. The number of aliphatic hydroxyl groups is 1. The third kappa shape index (κ3) is 11.4. The number of benzene rings is 1. The molecule has 0 unspecified atom stereocenters. The van der Waals surface area contributed by atoms with Crippen LogP contribution in [-0.4, -0.2) is 56.2 Å². The molecular weight excluding hydrogens is 402 g/mol. The lowest BCUT2D eigenvalue weighted by Crippen LogP contribution is -2.44. The molecule has 1 atom stereocenters. The number of methoxy groups -OCH3 is 2. The lowest BCUT2D eigenvalue weighted by molar-refractivity contribution is -0.143. The summed E-state index contributed by atoms with van der Waals surface area (Å²) in [7, 11) is 2.88. The number of hydrogen-bond acceptors (Lipinski definition) is 7. The number of amides is 1. The van der Waals surface area contributed by atoms with Crippen LogP contribution < -0.4 is 10.1 Å². The van der Waals surface area contributed by atoms with Gasteiger partial charge in [-0.05, 0) is 57.7 Å². The van der Waals surface area contributed by atoms with E-state index >= 15 is 0 Å². The van der Waals surface area contributed by atoms with Crippen LogP contribution in [0.2, 0.25) is 0 Å². The van der Waals surface area contributed by atoms with Gasteiger partial charge in [0.15, 0.2) is 0 Å². The van der Waals surface area contributed by atoms with Gasteiger partial charge in [0.2, 0.25) is 0 Å². The van der Waals surface area contributed by atoms with Crippen molar-refractivity contribution >= 4 is 12.1 Å².